The van der Waals surface area contributed by atoms with E-state index in [4.69, 9.17) is 14.7 Å². The molecule has 57 heavy (non-hydrogen) atoms. The van der Waals surface area contributed by atoms with Crippen molar-refractivity contribution >= 4 is 35.0 Å². The maximum atomic E-state index is 15.6. The van der Waals surface area contributed by atoms with Gasteiger partial charge in [0.2, 0.25) is 11.8 Å². The lowest BCUT2D eigenvalue weighted by molar-refractivity contribution is -0.140. The number of methoxy groups -OCH3 is 1. The molecule has 0 bridgehead atoms. The zero-order chi connectivity index (χ0) is 40.4. The summed E-state index contributed by atoms with van der Waals surface area (Å²) in [6.45, 7) is 7.46. The van der Waals surface area contributed by atoms with Gasteiger partial charge in [-0.25, -0.2) is 23.9 Å². The Morgan fingerprint density at radius 3 is 2.14 bits per heavy atom. The number of likely N-dealkylation sites (tertiary alicyclic amines) is 2. The number of hydrogen-bond donors (Lipinski definition) is 4. The average molecular weight is 779 g/mol. The Labute approximate surface area is 329 Å². The van der Waals surface area contributed by atoms with Gasteiger partial charge in [-0.2, -0.15) is 0 Å². The third-order valence-corrected chi connectivity index (χ3v) is 12.0. The first-order chi connectivity index (χ1) is 27.2. The van der Waals surface area contributed by atoms with E-state index in [0.29, 0.717) is 52.2 Å². The average Bonchev–Trinajstić information content (AvgIpc) is 3.80. The molecule has 14 nitrogen and oxygen atoms in total. The van der Waals surface area contributed by atoms with Crippen LogP contribution in [0.15, 0.2) is 42.6 Å². The highest BCUT2D eigenvalue weighted by Gasteiger charge is 2.57. The molecule has 2 aromatic carbocycles. The number of carbonyl (C=O) groups excluding carboxylic acids is 3. The summed E-state index contributed by atoms with van der Waals surface area (Å²) in [5, 5.41) is 12.3. The molecular formula is C42H47FN8O6. The normalized spacial score (nSPS) is 24.1. The van der Waals surface area contributed by atoms with E-state index in [1.165, 1.54) is 20.2 Å². The summed E-state index contributed by atoms with van der Waals surface area (Å²) >= 11 is 0. The Balaban J connectivity index is 0.969. The number of ether oxygens (including phenoxy) is 1. The number of rotatable bonds is 9. The van der Waals surface area contributed by atoms with Crippen LogP contribution in [-0.4, -0.2) is 102 Å². The molecule has 4 aliphatic rings. The largest absolute Gasteiger partial charge is 0.465 e. The molecule has 298 valence electrons. The number of H-pyrrole nitrogens is 2. The number of alkyl carbamates (subject to hydrolysis) is 1. The third-order valence-electron chi connectivity index (χ3n) is 12.0. The zero-order valence-corrected chi connectivity index (χ0v) is 32.7. The Bertz CT molecular complexity index is 2330. The molecular weight excluding hydrogens is 732 g/mol. The minimum absolute atomic E-state index is 0.0459. The van der Waals surface area contributed by atoms with E-state index in [9.17, 15) is 24.3 Å². The van der Waals surface area contributed by atoms with Crippen LogP contribution in [0.2, 0.25) is 0 Å². The number of benzene rings is 2. The Morgan fingerprint density at radius 2 is 1.53 bits per heavy atom. The second kappa shape index (κ2) is 14.5. The van der Waals surface area contributed by atoms with E-state index >= 15 is 4.39 Å². The van der Waals surface area contributed by atoms with Crippen molar-refractivity contribution < 1.29 is 33.4 Å². The predicted octanol–water partition coefficient (Wildman–Crippen LogP) is 5.83. The molecule has 0 spiro atoms. The van der Waals surface area contributed by atoms with Crippen molar-refractivity contribution in [3.05, 3.63) is 71.2 Å². The Kier molecular flexibility index (Phi) is 9.70. The topological polar surface area (TPSA) is 177 Å². The van der Waals surface area contributed by atoms with Gasteiger partial charge in [0.15, 0.2) is 0 Å². The molecule has 0 radical (unpaired) electrons. The summed E-state index contributed by atoms with van der Waals surface area (Å²) in [7, 11) is 2.70. The number of nitrogens with zero attached hydrogens (tertiary/aromatic N) is 5. The molecule has 2 saturated carbocycles. The number of imidazole rings is 2. The van der Waals surface area contributed by atoms with Crippen molar-refractivity contribution in [2.75, 3.05) is 14.2 Å². The first-order valence-corrected chi connectivity index (χ1v) is 19.6. The molecule has 8 atom stereocenters. The number of aromatic amines is 2. The lowest BCUT2D eigenvalue weighted by Crippen LogP contribution is -2.52. The van der Waals surface area contributed by atoms with Gasteiger partial charge in [-0.15, -0.1) is 0 Å². The maximum Gasteiger partial charge on any atom is 0.407 e. The van der Waals surface area contributed by atoms with Crippen LogP contribution in [0.1, 0.15) is 88.2 Å². The fourth-order valence-electron chi connectivity index (χ4n) is 8.92. The van der Waals surface area contributed by atoms with Crippen LogP contribution in [0.25, 0.3) is 22.3 Å². The Hall–Kier alpha value is -5.91. The predicted molar refractivity (Wildman–Crippen MR) is 207 cm³/mol. The smallest absolute Gasteiger partial charge is 0.407 e. The van der Waals surface area contributed by atoms with Crippen molar-refractivity contribution in [1.82, 2.24) is 40.0 Å². The van der Waals surface area contributed by atoms with Gasteiger partial charge in [0.05, 0.1) is 35.9 Å². The molecule has 4 aromatic rings. The summed E-state index contributed by atoms with van der Waals surface area (Å²) in [4.78, 5) is 72.3. The molecule has 4 amide bonds. The monoisotopic (exact) mass is 778 g/mol. The van der Waals surface area contributed by atoms with Crippen LogP contribution in [0.4, 0.5) is 14.0 Å². The lowest BCUT2D eigenvalue weighted by atomic mass is 10.0. The van der Waals surface area contributed by atoms with E-state index in [1.54, 1.807) is 23.2 Å². The SMILES string of the molecule is COC(=O)N[C@H](C(=O)N1[C@@H]2C[C@H]2C[C@H]1c1nc2cc(C#Cc3ccc(-c4c[nH]c([C@@H]5C[C@H]6C[C@H]6N5C(=O)[C@H](C(C)C)N(C)C(=O)O)n4)c(F)c3)ccc2[nH]1)C(C)C. The van der Waals surface area contributed by atoms with Crippen LogP contribution in [0.3, 0.4) is 0 Å². The van der Waals surface area contributed by atoms with Gasteiger partial charge in [0, 0.05) is 42.0 Å². The number of nitrogens with one attached hydrogen (secondary N) is 3. The van der Waals surface area contributed by atoms with Crippen LogP contribution < -0.4 is 5.32 Å². The second-order valence-corrected chi connectivity index (χ2v) is 16.5. The highest BCUT2D eigenvalue weighted by Crippen LogP contribution is 2.54. The number of carboxylic acid groups (broad SMARTS) is 1. The van der Waals surface area contributed by atoms with Gasteiger partial charge >= 0.3 is 12.2 Å². The molecule has 0 unspecified atom stereocenters. The van der Waals surface area contributed by atoms with Gasteiger partial charge in [0.1, 0.15) is 29.5 Å². The fourth-order valence-corrected chi connectivity index (χ4v) is 8.92. The molecule has 4 N–H and O–H groups in total. The van der Waals surface area contributed by atoms with Gasteiger partial charge in [-0.05, 0) is 85.8 Å². The highest BCUT2D eigenvalue weighted by atomic mass is 19.1. The first-order valence-electron chi connectivity index (χ1n) is 19.6. The van der Waals surface area contributed by atoms with Crippen LogP contribution in [-0.2, 0) is 14.3 Å². The van der Waals surface area contributed by atoms with Gasteiger partial charge in [-0.3, -0.25) is 14.5 Å². The number of carbonyl (C=O) groups is 4. The summed E-state index contributed by atoms with van der Waals surface area (Å²) in [6.07, 6.45) is 3.15. The number of hydrogen-bond acceptors (Lipinski definition) is 7. The number of fused-ring (bicyclic) bond motifs is 3. The highest BCUT2D eigenvalue weighted by molar-refractivity contribution is 5.88. The van der Waals surface area contributed by atoms with E-state index in [0.717, 1.165) is 29.7 Å². The number of amides is 4. The van der Waals surface area contributed by atoms with Crippen molar-refractivity contribution in [3.63, 3.8) is 0 Å². The van der Waals surface area contributed by atoms with E-state index in [1.807, 2.05) is 50.8 Å². The van der Waals surface area contributed by atoms with Crippen LogP contribution in [0.5, 0.6) is 0 Å². The van der Waals surface area contributed by atoms with Gasteiger partial charge < -0.3 is 34.9 Å². The molecule has 2 aromatic heterocycles. The minimum atomic E-state index is -1.16. The van der Waals surface area contributed by atoms with Crippen molar-refractivity contribution in [2.24, 2.45) is 23.7 Å². The summed E-state index contributed by atoms with van der Waals surface area (Å²) in [5.41, 5.74) is 3.36. The minimum Gasteiger partial charge on any atom is -0.465 e. The van der Waals surface area contributed by atoms with Crippen molar-refractivity contribution in [1.29, 1.82) is 0 Å². The standard InChI is InChI=1S/C42H47FN8O6/c1-20(2)35(48-41(54)57-6)39(52)50-31-15-25(31)18-34(50)38-45-28-12-10-23(14-29(28)46-38)8-7-22-9-11-26(27(43)13-22)30-19-44-37(47-30)33-17-24-16-32(24)51(33)40(53)36(21(3)4)49(5)42(55)56/h9-14,19-21,24-25,31-36H,15-18H2,1-6H3,(H,44,47)(H,45,46)(H,48,54)(H,55,56)/t24-,25+,31-,32-,33+,34+,35+,36+/m1/s1. The summed E-state index contributed by atoms with van der Waals surface area (Å²) in [6, 6.07) is 8.38. The van der Waals surface area contributed by atoms with Gasteiger partial charge in [0.25, 0.3) is 0 Å². The molecule has 8 rings (SSSR count). The Morgan fingerprint density at radius 1 is 0.895 bits per heavy atom. The number of piperidine rings is 2. The molecule has 4 fully saturated rings. The number of likely N-dealkylation sites (N-methyl/N-ethyl adjacent to an activating group) is 1. The second-order valence-electron chi connectivity index (χ2n) is 16.5. The van der Waals surface area contributed by atoms with Crippen molar-refractivity contribution in [2.45, 2.75) is 89.6 Å². The van der Waals surface area contributed by atoms with E-state index in [-0.39, 0.29) is 53.4 Å². The molecule has 2 saturated heterocycles. The van der Waals surface area contributed by atoms with Gasteiger partial charge in [-0.1, -0.05) is 39.5 Å². The van der Waals surface area contributed by atoms with E-state index < -0.39 is 30.1 Å². The maximum absolute atomic E-state index is 15.6. The molecule has 15 heteroatoms. The molecule has 2 aliphatic carbocycles. The van der Waals surface area contributed by atoms with Crippen LogP contribution >= 0.6 is 0 Å². The third kappa shape index (κ3) is 7.06. The molecule has 4 heterocycles. The summed E-state index contributed by atoms with van der Waals surface area (Å²) in [5.74, 6) is 6.91. The number of aromatic nitrogens is 4. The lowest BCUT2D eigenvalue weighted by Gasteiger charge is -2.35. The summed E-state index contributed by atoms with van der Waals surface area (Å²) < 4.78 is 20.4. The fraction of sp³-hybridized carbons (Fsp3) is 0.476. The molecule has 2 aliphatic heterocycles. The zero-order valence-electron chi connectivity index (χ0n) is 32.7. The quantitative estimate of drug-likeness (QED) is 0.154. The van der Waals surface area contributed by atoms with Crippen LogP contribution in [0, 0.1) is 41.3 Å². The first kappa shape index (κ1) is 38.0. The van der Waals surface area contributed by atoms with Crippen molar-refractivity contribution in [3.8, 4) is 23.1 Å². The van der Waals surface area contributed by atoms with E-state index in [2.05, 4.69) is 27.1 Å². The number of halogens is 1.